The highest BCUT2D eigenvalue weighted by Crippen LogP contribution is 2.07. The highest BCUT2D eigenvalue weighted by molar-refractivity contribution is 5.16. The van der Waals surface area contributed by atoms with Gasteiger partial charge in [-0.05, 0) is 25.0 Å². The van der Waals surface area contributed by atoms with Gasteiger partial charge in [0.2, 0.25) is 0 Å². The van der Waals surface area contributed by atoms with Crippen LogP contribution >= 0.6 is 0 Å². The van der Waals surface area contributed by atoms with Crippen molar-refractivity contribution >= 4 is 0 Å². The van der Waals surface area contributed by atoms with Crippen molar-refractivity contribution in [1.29, 1.82) is 0 Å². The van der Waals surface area contributed by atoms with Gasteiger partial charge in [0, 0.05) is 18.4 Å². The molecule has 2 heterocycles. The largest absolute Gasteiger partial charge is 0.323 e. The minimum Gasteiger partial charge on any atom is -0.323 e. The summed E-state index contributed by atoms with van der Waals surface area (Å²) in [5, 5.41) is 8.02. The number of hydrogen-bond acceptors (Lipinski definition) is 4. The van der Waals surface area contributed by atoms with Crippen LogP contribution in [0.25, 0.3) is 0 Å². The molecule has 0 saturated heterocycles. The van der Waals surface area contributed by atoms with E-state index in [2.05, 4.69) is 21.4 Å². The minimum absolute atomic E-state index is 0.0793. The topological polar surface area (TPSA) is 69.6 Å². The summed E-state index contributed by atoms with van der Waals surface area (Å²) in [6.45, 7) is 4.59. The van der Waals surface area contributed by atoms with E-state index in [1.54, 1.807) is 4.68 Å². The van der Waals surface area contributed by atoms with E-state index < -0.39 is 0 Å². The van der Waals surface area contributed by atoms with Crippen LogP contribution < -0.4 is 5.73 Å². The quantitative estimate of drug-likeness (QED) is 0.834. The molecule has 1 atom stereocenters. The molecule has 0 aliphatic carbocycles. The molecule has 2 aromatic heterocycles. The van der Waals surface area contributed by atoms with Crippen molar-refractivity contribution in [3.63, 3.8) is 0 Å². The predicted molar refractivity (Wildman–Crippen MR) is 60.7 cm³/mol. The highest BCUT2D eigenvalue weighted by atomic mass is 15.4. The van der Waals surface area contributed by atoms with Crippen LogP contribution in [0.4, 0.5) is 0 Å². The molecule has 0 radical (unpaired) electrons. The number of nitrogens with two attached hydrogens (primary N) is 1. The van der Waals surface area contributed by atoms with Gasteiger partial charge < -0.3 is 5.73 Å². The van der Waals surface area contributed by atoms with Crippen LogP contribution in [0.2, 0.25) is 0 Å². The molecule has 2 rings (SSSR count). The Morgan fingerprint density at radius 3 is 2.88 bits per heavy atom. The third-order valence-corrected chi connectivity index (χ3v) is 2.30. The van der Waals surface area contributed by atoms with Crippen molar-refractivity contribution in [2.24, 2.45) is 5.73 Å². The zero-order chi connectivity index (χ0) is 11.5. The molecule has 5 heteroatoms. The molecule has 2 N–H and O–H groups in total. The molecule has 0 aromatic carbocycles. The lowest BCUT2D eigenvalue weighted by Gasteiger charge is -2.01. The lowest BCUT2D eigenvalue weighted by atomic mass is 10.2. The van der Waals surface area contributed by atoms with Crippen LogP contribution in [-0.4, -0.2) is 20.0 Å². The number of pyridine rings is 1. The van der Waals surface area contributed by atoms with Crippen LogP contribution in [0, 0.1) is 6.92 Å². The first-order valence-corrected chi connectivity index (χ1v) is 5.21. The second kappa shape index (κ2) is 4.40. The van der Waals surface area contributed by atoms with Crippen LogP contribution in [0.5, 0.6) is 0 Å². The number of aryl methyl sites for hydroxylation is 1. The molecule has 0 aliphatic heterocycles. The molecular formula is C11H15N5. The molecule has 0 bridgehead atoms. The Hall–Kier alpha value is -1.75. The predicted octanol–water partition coefficient (Wildman–Crippen LogP) is 1.05. The first-order chi connectivity index (χ1) is 7.65. The summed E-state index contributed by atoms with van der Waals surface area (Å²) in [7, 11) is 0. The fourth-order valence-corrected chi connectivity index (χ4v) is 1.49. The lowest BCUT2D eigenvalue weighted by Crippen LogP contribution is -2.05. The monoisotopic (exact) mass is 217 g/mol. The fourth-order valence-electron chi connectivity index (χ4n) is 1.49. The Balaban J connectivity index is 2.14. The summed E-state index contributed by atoms with van der Waals surface area (Å²) in [6.07, 6.45) is 5.53. The van der Waals surface area contributed by atoms with E-state index in [4.69, 9.17) is 5.73 Å². The van der Waals surface area contributed by atoms with Crippen molar-refractivity contribution in [3.8, 4) is 0 Å². The fraction of sp³-hybridized carbons (Fsp3) is 0.364. The van der Waals surface area contributed by atoms with E-state index in [1.165, 1.54) is 0 Å². The maximum absolute atomic E-state index is 5.72. The van der Waals surface area contributed by atoms with E-state index in [0.717, 1.165) is 16.8 Å². The molecule has 0 saturated carbocycles. The molecule has 0 amide bonds. The zero-order valence-electron chi connectivity index (χ0n) is 9.46. The van der Waals surface area contributed by atoms with E-state index in [9.17, 15) is 0 Å². The second-order valence-electron chi connectivity index (χ2n) is 4.00. The molecule has 0 fully saturated rings. The summed E-state index contributed by atoms with van der Waals surface area (Å²) in [5.41, 5.74) is 8.78. The average molecular weight is 217 g/mol. The standard InChI is InChI=1S/C11H15N5/c1-8-3-10(5-13-4-8)6-16-7-11(9(2)12)14-15-16/h3-5,7,9H,6,12H2,1-2H3. The molecule has 2 aromatic rings. The number of rotatable bonds is 3. The smallest absolute Gasteiger partial charge is 0.0991 e. The maximum atomic E-state index is 5.72. The maximum Gasteiger partial charge on any atom is 0.0991 e. The van der Waals surface area contributed by atoms with Gasteiger partial charge in [0.25, 0.3) is 0 Å². The van der Waals surface area contributed by atoms with E-state index >= 15 is 0 Å². The highest BCUT2D eigenvalue weighted by Gasteiger charge is 2.05. The van der Waals surface area contributed by atoms with Gasteiger partial charge in [0.05, 0.1) is 18.4 Å². The molecule has 1 unspecified atom stereocenters. The van der Waals surface area contributed by atoms with Crippen molar-refractivity contribution in [3.05, 3.63) is 41.5 Å². The van der Waals surface area contributed by atoms with Gasteiger partial charge in [-0.15, -0.1) is 5.10 Å². The first kappa shape index (κ1) is 10.8. The van der Waals surface area contributed by atoms with Gasteiger partial charge in [0.15, 0.2) is 0 Å². The van der Waals surface area contributed by atoms with Gasteiger partial charge in [-0.3, -0.25) is 4.98 Å². The third-order valence-electron chi connectivity index (χ3n) is 2.30. The summed E-state index contributed by atoms with van der Waals surface area (Å²) < 4.78 is 1.77. The summed E-state index contributed by atoms with van der Waals surface area (Å²) in [6, 6.07) is 2.00. The Morgan fingerprint density at radius 2 is 2.25 bits per heavy atom. The van der Waals surface area contributed by atoms with E-state index in [1.807, 2.05) is 32.4 Å². The average Bonchev–Trinajstić information content (AvgIpc) is 2.66. The number of nitrogens with zero attached hydrogens (tertiary/aromatic N) is 4. The van der Waals surface area contributed by atoms with Gasteiger partial charge in [-0.2, -0.15) is 0 Å². The van der Waals surface area contributed by atoms with Crippen molar-refractivity contribution < 1.29 is 0 Å². The summed E-state index contributed by atoms with van der Waals surface area (Å²) >= 11 is 0. The Morgan fingerprint density at radius 1 is 1.44 bits per heavy atom. The van der Waals surface area contributed by atoms with Crippen molar-refractivity contribution in [2.45, 2.75) is 26.4 Å². The molecule has 5 nitrogen and oxygen atoms in total. The minimum atomic E-state index is -0.0793. The molecule has 16 heavy (non-hydrogen) atoms. The Labute approximate surface area is 94.3 Å². The van der Waals surface area contributed by atoms with Gasteiger partial charge in [-0.25, -0.2) is 4.68 Å². The van der Waals surface area contributed by atoms with Crippen molar-refractivity contribution in [2.75, 3.05) is 0 Å². The summed E-state index contributed by atoms with van der Waals surface area (Å²) in [5.74, 6) is 0. The molecular weight excluding hydrogens is 202 g/mol. The Bertz CT molecular complexity index is 475. The van der Waals surface area contributed by atoms with E-state index in [-0.39, 0.29) is 6.04 Å². The van der Waals surface area contributed by atoms with Crippen LogP contribution in [-0.2, 0) is 6.54 Å². The van der Waals surface area contributed by atoms with Gasteiger partial charge >= 0.3 is 0 Å². The van der Waals surface area contributed by atoms with Gasteiger partial charge in [0.1, 0.15) is 0 Å². The second-order valence-corrected chi connectivity index (χ2v) is 4.00. The summed E-state index contributed by atoms with van der Waals surface area (Å²) in [4.78, 5) is 4.14. The van der Waals surface area contributed by atoms with Crippen LogP contribution in [0.1, 0.15) is 29.8 Å². The van der Waals surface area contributed by atoms with E-state index in [0.29, 0.717) is 6.54 Å². The van der Waals surface area contributed by atoms with Crippen LogP contribution in [0.3, 0.4) is 0 Å². The Kier molecular flexibility index (Phi) is 2.96. The molecule has 0 spiro atoms. The number of hydrogen-bond donors (Lipinski definition) is 1. The lowest BCUT2D eigenvalue weighted by molar-refractivity contribution is 0.646. The van der Waals surface area contributed by atoms with Gasteiger partial charge in [-0.1, -0.05) is 11.3 Å². The third kappa shape index (κ3) is 2.43. The zero-order valence-corrected chi connectivity index (χ0v) is 9.46. The first-order valence-electron chi connectivity index (χ1n) is 5.21. The van der Waals surface area contributed by atoms with Crippen molar-refractivity contribution in [1.82, 2.24) is 20.0 Å². The number of aromatic nitrogens is 4. The SMILES string of the molecule is Cc1cncc(Cn2cc(C(C)N)nn2)c1. The molecule has 0 aliphatic rings. The van der Waals surface area contributed by atoms with Crippen LogP contribution in [0.15, 0.2) is 24.7 Å². The molecule has 84 valence electrons. The normalized spacial score (nSPS) is 12.7.